The van der Waals surface area contributed by atoms with Gasteiger partial charge in [-0.1, -0.05) is 89.1 Å². The van der Waals surface area contributed by atoms with Gasteiger partial charge in [-0.25, -0.2) is 0 Å². The molecule has 0 saturated carbocycles. The maximum atomic E-state index is 13.6. The van der Waals surface area contributed by atoms with E-state index >= 15 is 0 Å². The molecule has 0 unspecified atom stereocenters. The third kappa shape index (κ3) is 8.99. The maximum absolute atomic E-state index is 13.6. The first-order chi connectivity index (χ1) is 17.4. The van der Waals surface area contributed by atoms with Crippen LogP contribution < -0.4 is 5.32 Å². The molecule has 190 valence electrons. The van der Waals surface area contributed by atoms with Gasteiger partial charge in [0.15, 0.2) is 0 Å². The molecule has 0 aliphatic heterocycles. The van der Waals surface area contributed by atoms with E-state index < -0.39 is 6.04 Å². The van der Waals surface area contributed by atoms with Crippen molar-refractivity contribution in [3.8, 4) is 0 Å². The molecule has 36 heavy (non-hydrogen) atoms. The Morgan fingerprint density at radius 1 is 0.944 bits per heavy atom. The van der Waals surface area contributed by atoms with Crippen molar-refractivity contribution < 1.29 is 9.59 Å². The summed E-state index contributed by atoms with van der Waals surface area (Å²) in [5.74, 6) is 0.808. The Labute approximate surface area is 231 Å². The molecule has 1 N–H and O–H groups in total. The van der Waals surface area contributed by atoms with Crippen LogP contribution >= 0.6 is 39.3 Å². The topological polar surface area (TPSA) is 49.4 Å². The molecule has 2 atom stereocenters. The van der Waals surface area contributed by atoms with E-state index in [1.807, 2.05) is 92.7 Å². The molecule has 0 aliphatic rings. The SMILES string of the molecule is CC[C@H](C)NC(=O)[C@H](Cc1ccccc1)N(Cc1ccc(Cl)cc1)C(=O)CSCc1ccc(Br)cc1. The number of carbonyl (C=O) groups excluding carboxylic acids is 2. The predicted octanol–water partition coefficient (Wildman–Crippen LogP) is 6.89. The number of hydrogen-bond acceptors (Lipinski definition) is 3. The molecule has 0 aromatic heterocycles. The Bertz CT molecular complexity index is 1110. The van der Waals surface area contributed by atoms with E-state index in [0.717, 1.165) is 33.3 Å². The highest BCUT2D eigenvalue weighted by Crippen LogP contribution is 2.20. The second-order valence-corrected chi connectivity index (χ2v) is 11.1. The zero-order chi connectivity index (χ0) is 25.9. The summed E-state index contributed by atoms with van der Waals surface area (Å²) in [6.07, 6.45) is 1.26. The summed E-state index contributed by atoms with van der Waals surface area (Å²) in [5.41, 5.74) is 3.09. The van der Waals surface area contributed by atoms with Gasteiger partial charge in [0.2, 0.25) is 11.8 Å². The van der Waals surface area contributed by atoms with Crippen molar-refractivity contribution in [2.24, 2.45) is 0 Å². The van der Waals surface area contributed by atoms with Crippen molar-refractivity contribution in [1.82, 2.24) is 10.2 Å². The molecule has 0 fully saturated rings. The molecule has 0 bridgehead atoms. The van der Waals surface area contributed by atoms with E-state index in [1.165, 1.54) is 0 Å². The summed E-state index contributed by atoms with van der Waals surface area (Å²) in [6.45, 7) is 4.35. The number of nitrogens with one attached hydrogen (secondary N) is 1. The smallest absolute Gasteiger partial charge is 0.243 e. The van der Waals surface area contributed by atoms with Crippen molar-refractivity contribution >= 4 is 51.1 Å². The molecule has 0 saturated heterocycles. The molecule has 3 rings (SSSR count). The summed E-state index contributed by atoms with van der Waals surface area (Å²) in [5, 5.41) is 3.74. The summed E-state index contributed by atoms with van der Waals surface area (Å²) >= 11 is 11.1. The van der Waals surface area contributed by atoms with Crippen molar-refractivity contribution in [1.29, 1.82) is 0 Å². The van der Waals surface area contributed by atoms with Crippen molar-refractivity contribution in [3.63, 3.8) is 0 Å². The first kappa shape index (κ1) is 28.3. The van der Waals surface area contributed by atoms with Gasteiger partial charge in [0.05, 0.1) is 5.75 Å². The highest BCUT2D eigenvalue weighted by atomic mass is 79.9. The second-order valence-electron chi connectivity index (χ2n) is 8.79. The van der Waals surface area contributed by atoms with Crippen LogP contribution in [0.5, 0.6) is 0 Å². The fourth-order valence-electron chi connectivity index (χ4n) is 3.70. The van der Waals surface area contributed by atoms with Crippen LogP contribution in [0.3, 0.4) is 0 Å². The third-order valence-corrected chi connectivity index (χ3v) is 7.71. The lowest BCUT2D eigenvalue weighted by Crippen LogP contribution is -2.52. The highest BCUT2D eigenvalue weighted by Gasteiger charge is 2.30. The molecule has 0 spiro atoms. The van der Waals surface area contributed by atoms with Gasteiger partial charge in [-0.15, -0.1) is 11.8 Å². The number of carbonyl (C=O) groups is 2. The van der Waals surface area contributed by atoms with Gasteiger partial charge < -0.3 is 10.2 Å². The molecular weight excluding hydrogens is 556 g/mol. The van der Waals surface area contributed by atoms with Gasteiger partial charge in [0, 0.05) is 34.3 Å². The molecule has 7 heteroatoms. The van der Waals surface area contributed by atoms with Gasteiger partial charge >= 0.3 is 0 Å². The van der Waals surface area contributed by atoms with E-state index in [9.17, 15) is 9.59 Å². The van der Waals surface area contributed by atoms with Gasteiger partial charge in [-0.2, -0.15) is 0 Å². The Hall–Kier alpha value is -2.28. The van der Waals surface area contributed by atoms with Crippen LogP contribution in [-0.4, -0.2) is 34.6 Å². The van der Waals surface area contributed by atoms with Crippen molar-refractivity contribution in [2.45, 2.75) is 51.1 Å². The van der Waals surface area contributed by atoms with Crippen LogP contribution in [-0.2, 0) is 28.3 Å². The molecule has 0 heterocycles. The fourth-order valence-corrected chi connectivity index (χ4v) is 4.96. The van der Waals surface area contributed by atoms with Crippen LogP contribution in [0, 0.1) is 0 Å². The summed E-state index contributed by atoms with van der Waals surface area (Å²) in [4.78, 5) is 28.9. The first-order valence-electron chi connectivity index (χ1n) is 12.1. The van der Waals surface area contributed by atoms with Crippen LogP contribution in [0.1, 0.15) is 37.0 Å². The molecule has 3 aromatic carbocycles. The van der Waals surface area contributed by atoms with Crippen LogP contribution in [0.15, 0.2) is 83.3 Å². The van der Waals surface area contributed by atoms with E-state index in [2.05, 4.69) is 21.2 Å². The average Bonchev–Trinajstić information content (AvgIpc) is 2.88. The van der Waals surface area contributed by atoms with Crippen LogP contribution in [0.2, 0.25) is 5.02 Å². The van der Waals surface area contributed by atoms with Crippen LogP contribution in [0.4, 0.5) is 0 Å². The zero-order valence-electron chi connectivity index (χ0n) is 20.6. The first-order valence-corrected chi connectivity index (χ1v) is 14.4. The lowest BCUT2D eigenvalue weighted by Gasteiger charge is -2.32. The third-order valence-electron chi connectivity index (χ3n) is 5.95. The second kappa shape index (κ2) is 14.5. The summed E-state index contributed by atoms with van der Waals surface area (Å²) in [6, 6.07) is 24.8. The van der Waals surface area contributed by atoms with Crippen molar-refractivity contribution in [2.75, 3.05) is 5.75 Å². The lowest BCUT2D eigenvalue weighted by molar-refractivity contribution is -0.139. The number of thioether (sulfide) groups is 1. The monoisotopic (exact) mass is 586 g/mol. The molecule has 4 nitrogen and oxygen atoms in total. The number of halogens is 2. The van der Waals surface area contributed by atoms with Crippen molar-refractivity contribution in [3.05, 3.63) is 105 Å². The average molecular weight is 588 g/mol. The van der Waals surface area contributed by atoms with E-state index in [-0.39, 0.29) is 23.6 Å². The normalized spacial score (nSPS) is 12.6. The Kier molecular flexibility index (Phi) is 11.4. The minimum Gasteiger partial charge on any atom is -0.352 e. The largest absolute Gasteiger partial charge is 0.352 e. The van der Waals surface area contributed by atoms with E-state index in [0.29, 0.717) is 18.0 Å². The number of nitrogens with zero attached hydrogens (tertiary/aromatic N) is 1. The van der Waals surface area contributed by atoms with E-state index in [1.54, 1.807) is 16.7 Å². The Morgan fingerprint density at radius 3 is 2.22 bits per heavy atom. The number of rotatable bonds is 12. The fraction of sp³-hybridized carbons (Fsp3) is 0.310. The Balaban J connectivity index is 1.84. The molecular formula is C29H32BrClN2O2S. The quantitative estimate of drug-likeness (QED) is 0.251. The minimum atomic E-state index is -0.627. The number of amides is 2. The van der Waals surface area contributed by atoms with Crippen LogP contribution in [0.25, 0.3) is 0 Å². The predicted molar refractivity (Wildman–Crippen MR) is 154 cm³/mol. The van der Waals surface area contributed by atoms with Gasteiger partial charge in [0.25, 0.3) is 0 Å². The molecule has 2 amide bonds. The van der Waals surface area contributed by atoms with Gasteiger partial charge in [-0.3, -0.25) is 9.59 Å². The number of hydrogen-bond donors (Lipinski definition) is 1. The molecule has 0 radical (unpaired) electrons. The summed E-state index contributed by atoms with van der Waals surface area (Å²) in [7, 11) is 0. The standard InChI is InChI=1S/C29H32BrClN2O2S/c1-3-21(2)32-29(35)27(17-22-7-5-4-6-8-22)33(18-23-11-15-26(31)16-12-23)28(34)20-36-19-24-9-13-25(30)14-10-24/h4-16,21,27H,3,17-20H2,1-2H3,(H,32,35)/t21-,27-/m0/s1. The molecule has 0 aliphatic carbocycles. The summed E-state index contributed by atoms with van der Waals surface area (Å²) < 4.78 is 1.03. The van der Waals surface area contributed by atoms with Gasteiger partial charge in [-0.05, 0) is 54.3 Å². The Morgan fingerprint density at radius 2 is 1.58 bits per heavy atom. The van der Waals surface area contributed by atoms with Gasteiger partial charge in [0.1, 0.15) is 6.04 Å². The highest BCUT2D eigenvalue weighted by molar-refractivity contribution is 9.10. The maximum Gasteiger partial charge on any atom is 0.243 e. The number of benzene rings is 3. The zero-order valence-corrected chi connectivity index (χ0v) is 23.8. The molecule has 3 aromatic rings. The van der Waals surface area contributed by atoms with E-state index in [4.69, 9.17) is 11.6 Å². The lowest BCUT2D eigenvalue weighted by atomic mass is 10.0. The minimum absolute atomic E-state index is 0.0232.